The molecule has 2 amide bonds. The highest BCUT2D eigenvalue weighted by Crippen LogP contribution is 2.33. The molecule has 2 heterocycles. The number of hydrogen-bond acceptors (Lipinski definition) is 3. The zero-order chi connectivity index (χ0) is 22.0. The number of carbonyl (C=O) groups excluding carboxylic acids is 1. The van der Waals surface area contributed by atoms with Crippen LogP contribution in [0.15, 0.2) is 48.5 Å². The summed E-state index contributed by atoms with van der Waals surface area (Å²) in [5, 5.41) is 11.9. The van der Waals surface area contributed by atoms with Gasteiger partial charge in [-0.05, 0) is 36.0 Å². The van der Waals surface area contributed by atoms with Crippen LogP contribution in [0.25, 0.3) is 0 Å². The van der Waals surface area contributed by atoms with Gasteiger partial charge in [-0.2, -0.15) is 0 Å². The summed E-state index contributed by atoms with van der Waals surface area (Å²) >= 11 is 6.06. The van der Waals surface area contributed by atoms with Crippen molar-refractivity contribution in [3.8, 4) is 0 Å². The van der Waals surface area contributed by atoms with Crippen LogP contribution in [0.1, 0.15) is 28.4 Å². The molecule has 3 atom stereocenters. The van der Waals surface area contributed by atoms with Crippen molar-refractivity contribution in [1.82, 2.24) is 15.1 Å². The molecule has 31 heavy (non-hydrogen) atoms. The lowest BCUT2D eigenvalue weighted by atomic mass is 10.0. The third-order valence-electron chi connectivity index (χ3n) is 6.26. The lowest BCUT2D eigenvalue weighted by Crippen LogP contribution is -2.35. The van der Waals surface area contributed by atoms with Crippen molar-refractivity contribution >= 4 is 23.6 Å². The number of hydrogen-bond donors (Lipinski definition) is 2. The van der Waals surface area contributed by atoms with Gasteiger partial charge in [0.2, 0.25) is 0 Å². The van der Waals surface area contributed by atoms with Crippen LogP contribution < -0.4 is 5.32 Å². The first-order valence-corrected chi connectivity index (χ1v) is 10.8. The van der Waals surface area contributed by atoms with Gasteiger partial charge >= 0.3 is 6.09 Å². The van der Waals surface area contributed by atoms with Gasteiger partial charge in [0.15, 0.2) is 0 Å². The highest BCUT2D eigenvalue weighted by molar-refractivity contribution is 6.33. The lowest BCUT2D eigenvalue weighted by molar-refractivity contribution is 0.0769. The first-order valence-electron chi connectivity index (χ1n) is 10.4. The molecule has 2 saturated heterocycles. The highest BCUT2D eigenvalue weighted by atomic mass is 35.5. The van der Waals surface area contributed by atoms with Crippen LogP contribution in [0, 0.1) is 17.7 Å². The molecule has 0 radical (unpaired) electrons. The summed E-state index contributed by atoms with van der Waals surface area (Å²) in [7, 11) is 0. The fourth-order valence-electron chi connectivity index (χ4n) is 4.77. The minimum atomic E-state index is -1.03. The van der Waals surface area contributed by atoms with E-state index in [0.717, 1.165) is 25.2 Å². The molecule has 0 aliphatic carbocycles. The van der Waals surface area contributed by atoms with E-state index in [0.29, 0.717) is 31.3 Å². The van der Waals surface area contributed by atoms with Crippen LogP contribution in [0.3, 0.4) is 0 Å². The highest BCUT2D eigenvalue weighted by Gasteiger charge is 2.42. The first-order chi connectivity index (χ1) is 14.9. The van der Waals surface area contributed by atoms with E-state index >= 15 is 0 Å². The molecule has 0 bridgehead atoms. The summed E-state index contributed by atoms with van der Waals surface area (Å²) in [6, 6.07) is 13.6. The Morgan fingerprint density at radius 1 is 1.06 bits per heavy atom. The Hall–Kier alpha value is -2.64. The molecule has 2 aliphatic heterocycles. The minimum Gasteiger partial charge on any atom is -0.465 e. The number of carboxylic acid groups (broad SMARTS) is 1. The third-order valence-corrected chi connectivity index (χ3v) is 6.57. The molecule has 2 aromatic rings. The molecule has 2 aromatic carbocycles. The van der Waals surface area contributed by atoms with Gasteiger partial charge in [-0.15, -0.1) is 0 Å². The number of fused-ring (bicyclic) bond motifs is 1. The molecule has 164 valence electrons. The molecule has 2 N–H and O–H groups in total. The molecule has 0 aromatic heterocycles. The van der Waals surface area contributed by atoms with Crippen molar-refractivity contribution in [2.45, 2.75) is 12.5 Å². The maximum Gasteiger partial charge on any atom is 0.405 e. The molecule has 6 nitrogen and oxygen atoms in total. The van der Waals surface area contributed by atoms with Crippen molar-refractivity contribution in [2.24, 2.45) is 11.8 Å². The van der Waals surface area contributed by atoms with Crippen LogP contribution >= 0.6 is 11.6 Å². The molecular weight excluding hydrogens is 421 g/mol. The Kier molecular flexibility index (Phi) is 6.43. The maximum absolute atomic E-state index is 14.1. The average Bonchev–Trinajstić information content (AvgIpc) is 3.30. The summed E-state index contributed by atoms with van der Waals surface area (Å²) in [6.45, 7) is 3.61. The number of nitrogens with zero attached hydrogens (tertiary/aromatic N) is 2. The first kappa shape index (κ1) is 21.6. The molecule has 2 unspecified atom stereocenters. The Balaban J connectivity index is 1.33. The van der Waals surface area contributed by atoms with Gasteiger partial charge in [-0.3, -0.25) is 4.79 Å². The molecule has 2 aliphatic rings. The molecule has 2 fully saturated rings. The zero-order valence-electron chi connectivity index (χ0n) is 17.0. The van der Waals surface area contributed by atoms with E-state index in [4.69, 9.17) is 11.6 Å². The quantitative estimate of drug-likeness (QED) is 0.707. The molecule has 8 heteroatoms. The predicted octanol–water partition coefficient (Wildman–Crippen LogP) is 3.88. The van der Waals surface area contributed by atoms with Crippen LogP contribution in [0.4, 0.5) is 9.18 Å². The molecule has 4 rings (SSSR count). The van der Waals surface area contributed by atoms with E-state index in [1.807, 2.05) is 30.3 Å². The Bertz CT molecular complexity index is 924. The van der Waals surface area contributed by atoms with Crippen molar-refractivity contribution in [2.75, 3.05) is 32.7 Å². The van der Waals surface area contributed by atoms with Crippen LogP contribution in [-0.2, 0) is 0 Å². The van der Waals surface area contributed by atoms with Crippen molar-refractivity contribution in [3.63, 3.8) is 0 Å². The van der Waals surface area contributed by atoms with Gasteiger partial charge in [0.1, 0.15) is 5.82 Å². The average molecular weight is 446 g/mol. The Morgan fingerprint density at radius 2 is 1.74 bits per heavy atom. The number of likely N-dealkylation sites (tertiary alicyclic amines) is 2. The van der Waals surface area contributed by atoms with Crippen LogP contribution in [-0.4, -0.2) is 59.6 Å². The van der Waals surface area contributed by atoms with E-state index in [1.165, 1.54) is 18.2 Å². The Labute approximate surface area is 185 Å². The van der Waals surface area contributed by atoms with E-state index in [1.54, 1.807) is 4.90 Å². The summed E-state index contributed by atoms with van der Waals surface area (Å²) in [4.78, 5) is 28.0. The number of carbonyl (C=O) groups is 2. The summed E-state index contributed by atoms with van der Waals surface area (Å²) in [5.74, 6) is -0.276. The van der Waals surface area contributed by atoms with Crippen molar-refractivity contribution < 1.29 is 19.1 Å². The minimum absolute atomic E-state index is 0.0496. The van der Waals surface area contributed by atoms with Crippen LogP contribution in [0.5, 0.6) is 0 Å². The van der Waals surface area contributed by atoms with Gasteiger partial charge in [-0.25, -0.2) is 9.18 Å². The van der Waals surface area contributed by atoms with E-state index in [-0.39, 0.29) is 22.5 Å². The van der Waals surface area contributed by atoms with Gasteiger partial charge in [0, 0.05) is 32.7 Å². The molecule has 0 saturated carbocycles. The number of halogens is 2. The van der Waals surface area contributed by atoms with Gasteiger partial charge in [0.25, 0.3) is 5.91 Å². The van der Waals surface area contributed by atoms with Gasteiger partial charge in [-0.1, -0.05) is 48.0 Å². The summed E-state index contributed by atoms with van der Waals surface area (Å²) < 4.78 is 14.1. The number of nitrogens with one attached hydrogen (secondary N) is 1. The topological polar surface area (TPSA) is 72.9 Å². The normalized spacial score (nSPS) is 21.7. The smallest absolute Gasteiger partial charge is 0.405 e. The lowest BCUT2D eigenvalue weighted by Gasteiger charge is -2.24. The zero-order valence-corrected chi connectivity index (χ0v) is 17.8. The standard InChI is InChI=1S/C23H25ClFN3O3/c24-18-7-4-8-19(25)21(18)22(29)28-13-16-11-27(12-17(16)14-28)10-9-20(26-23(30)31)15-5-2-1-3-6-15/h1-8,16-17,20,26H,9-14H2,(H,30,31)/t16?,17?,20-/m0/s1. The fraction of sp³-hybridized carbons (Fsp3) is 0.391. The van der Waals surface area contributed by atoms with E-state index < -0.39 is 11.9 Å². The van der Waals surface area contributed by atoms with E-state index in [2.05, 4.69) is 10.2 Å². The van der Waals surface area contributed by atoms with E-state index in [9.17, 15) is 19.1 Å². The monoisotopic (exact) mass is 445 g/mol. The second-order valence-corrected chi connectivity index (χ2v) is 8.70. The van der Waals surface area contributed by atoms with Crippen molar-refractivity contribution in [1.29, 1.82) is 0 Å². The fourth-order valence-corrected chi connectivity index (χ4v) is 5.01. The number of benzene rings is 2. The number of rotatable bonds is 6. The van der Waals surface area contributed by atoms with Crippen LogP contribution in [0.2, 0.25) is 5.02 Å². The molecular formula is C23H25ClFN3O3. The van der Waals surface area contributed by atoms with Crippen molar-refractivity contribution in [3.05, 3.63) is 70.5 Å². The number of amides is 2. The van der Waals surface area contributed by atoms with Gasteiger partial charge < -0.3 is 20.2 Å². The second-order valence-electron chi connectivity index (χ2n) is 8.29. The van der Waals surface area contributed by atoms with Gasteiger partial charge in [0.05, 0.1) is 16.6 Å². The summed E-state index contributed by atoms with van der Waals surface area (Å²) in [6.07, 6.45) is -0.364. The Morgan fingerprint density at radius 3 is 2.35 bits per heavy atom. The predicted molar refractivity (Wildman–Crippen MR) is 116 cm³/mol. The maximum atomic E-state index is 14.1. The summed E-state index contributed by atoms with van der Waals surface area (Å²) in [5.41, 5.74) is 0.897. The molecule has 0 spiro atoms. The second kappa shape index (κ2) is 9.24. The largest absolute Gasteiger partial charge is 0.465 e. The SMILES string of the molecule is O=C(O)N[C@@H](CCN1CC2CN(C(=O)c3c(F)cccc3Cl)CC2C1)c1ccccc1. The third kappa shape index (κ3) is 4.83.